The van der Waals surface area contributed by atoms with Crippen molar-refractivity contribution in [1.29, 1.82) is 0 Å². The zero-order valence-electron chi connectivity index (χ0n) is 18.4. The number of hydrogen-bond donors (Lipinski definition) is 2. The van der Waals surface area contributed by atoms with Gasteiger partial charge < -0.3 is 20.4 Å². The van der Waals surface area contributed by atoms with Crippen LogP contribution in [0.4, 0.5) is 11.4 Å². The lowest BCUT2D eigenvalue weighted by Gasteiger charge is -2.39. The van der Waals surface area contributed by atoms with Crippen LogP contribution in [-0.2, 0) is 14.4 Å². The van der Waals surface area contributed by atoms with Crippen LogP contribution in [0.15, 0.2) is 54.6 Å². The molecule has 2 aliphatic heterocycles. The number of carbonyl (C=O) groups excluding carboxylic acids is 3. The Balaban J connectivity index is 1.32. The zero-order chi connectivity index (χ0) is 23.2. The molecule has 9 heteroatoms. The summed E-state index contributed by atoms with van der Waals surface area (Å²) in [4.78, 5) is 44.0. The highest BCUT2D eigenvalue weighted by atomic mass is 35.5. The van der Waals surface area contributed by atoms with Gasteiger partial charge in [-0.05, 0) is 30.3 Å². The van der Waals surface area contributed by atoms with E-state index < -0.39 is 6.04 Å². The molecular formula is C24H28ClN5O3. The van der Waals surface area contributed by atoms with Gasteiger partial charge in [0.05, 0.1) is 13.0 Å². The van der Waals surface area contributed by atoms with E-state index >= 15 is 0 Å². The molecule has 174 valence electrons. The predicted molar refractivity (Wildman–Crippen MR) is 128 cm³/mol. The Morgan fingerprint density at radius 1 is 1.00 bits per heavy atom. The van der Waals surface area contributed by atoms with Gasteiger partial charge in [0.15, 0.2) is 0 Å². The van der Waals surface area contributed by atoms with Crippen LogP contribution in [0.5, 0.6) is 0 Å². The third-order valence-electron chi connectivity index (χ3n) is 5.99. The first-order valence-corrected chi connectivity index (χ1v) is 11.5. The molecule has 0 aliphatic carbocycles. The predicted octanol–water partition coefficient (Wildman–Crippen LogP) is 1.82. The number of nitrogens with zero attached hydrogens (tertiary/aromatic N) is 3. The molecular weight excluding hydrogens is 442 g/mol. The third kappa shape index (κ3) is 6.03. The number of halogens is 1. The second-order valence-electron chi connectivity index (χ2n) is 8.26. The van der Waals surface area contributed by atoms with Crippen molar-refractivity contribution in [2.45, 2.75) is 12.5 Å². The van der Waals surface area contributed by atoms with Crippen LogP contribution in [0.3, 0.4) is 0 Å². The maximum atomic E-state index is 13.1. The van der Waals surface area contributed by atoms with Gasteiger partial charge in [-0.2, -0.15) is 0 Å². The minimum absolute atomic E-state index is 0.0744. The van der Waals surface area contributed by atoms with Crippen LogP contribution in [0.2, 0.25) is 5.02 Å². The molecule has 0 radical (unpaired) electrons. The van der Waals surface area contributed by atoms with E-state index in [0.717, 1.165) is 31.9 Å². The van der Waals surface area contributed by atoms with Crippen molar-refractivity contribution in [3.8, 4) is 0 Å². The molecule has 2 aromatic rings. The summed E-state index contributed by atoms with van der Waals surface area (Å²) in [5.74, 6) is -0.710. The SMILES string of the molecule is O=C(C[C@@H]1C(=O)NCCN1C(=O)CN1CCN(c2cccc(Cl)c2)CC1)Nc1ccccc1. The van der Waals surface area contributed by atoms with Gasteiger partial charge in [-0.15, -0.1) is 0 Å². The molecule has 2 aliphatic rings. The van der Waals surface area contributed by atoms with Crippen LogP contribution in [-0.4, -0.2) is 79.4 Å². The van der Waals surface area contributed by atoms with E-state index in [1.165, 1.54) is 0 Å². The summed E-state index contributed by atoms with van der Waals surface area (Å²) in [7, 11) is 0. The molecule has 2 saturated heterocycles. The topological polar surface area (TPSA) is 85.0 Å². The Kier molecular flexibility index (Phi) is 7.47. The maximum absolute atomic E-state index is 13.1. The van der Waals surface area contributed by atoms with Crippen LogP contribution in [0.1, 0.15) is 6.42 Å². The lowest BCUT2D eigenvalue weighted by atomic mass is 10.1. The summed E-state index contributed by atoms with van der Waals surface area (Å²) in [5.41, 5.74) is 1.74. The first-order chi connectivity index (χ1) is 16.0. The summed E-state index contributed by atoms with van der Waals surface area (Å²) in [6.45, 7) is 4.07. The average Bonchev–Trinajstić information content (AvgIpc) is 2.81. The normalized spacial score (nSPS) is 19.2. The number of amides is 3. The van der Waals surface area contributed by atoms with E-state index in [2.05, 4.69) is 20.4 Å². The molecule has 3 amide bonds. The smallest absolute Gasteiger partial charge is 0.243 e. The van der Waals surface area contributed by atoms with Crippen LogP contribution < -0.4 is 15.5 Å². The highest BCUT2D eigenvalue weighted by molar-refractivity contribution is 6.30. The fraction of sp³-hybridized carbons (Fsp3) is 0.375. The Bertz CT molecular complexity index is 995. The van der Waals surface area contributed by atoms with Crippen molar-refractivity contribution in [3.63, 3.8) is 0 Å². The second kappa shape index (κ2) is 10.7. The number of rotatable bonds is 6. The standard InChI is InChI=1S/C24H28ClN5O3/c25-18-5-4-8-20(15-18)29-13-11-28(12-14-29)17-23(32)30-10-9-26-24(33)21(30)16-22(31)27-19-6-2-1-3-7-19/h1-8,15,21H,9-14,16-17H2,(H,26,33)(H,27,31)/t21-/m1/s1. The van der Waals surface area contributed by atoms with Gasteiger partial charge in [0.2, 0.25) is 17.7 Å². The summed E-state index contributed by atoms with van der Waals surface area (Å²) >= 11 is 6.11. The quantitative estimate of drug-likeness (QED) is 0.674. The molecule has 0 unspecified atom stereocenters. The van der Waals surface area contributed by atoms with Crippen molar-refractivity contribution < 1.29 is 14.4 Å². The Morgan fingerprint density at radius 3 is 2.48 bits per heavy atom. The van der Waals surface area contributed by atoms with Crippen molar-refractivity contribution in [1.82, 2.24) is 15.1 Å². The number of carbonyl (C=O) groups is 3. The Hall–Kier alpha value is -3.10. The van der Waals surface area contributed by atoms with Crippen molar-refractivity contribution >= 4 is 40.7 Å². The summed E-state index contributed by atoms with van der Waals surface area (Å²) in [6, 6.07) is 16.0. The molecule has 2 heterocycles. The minimum Gasteiger partial charge on any atom is -0.369 e. The van der Waals surface area contributed by atoms with Crippen molar-refractivity contribution in [2.75, 3.05) is 56.0 Å². The lowest BCUT2D eigenvalue weighted by molar-refractivity contribution is -0.145. The molecule has 33 heavy (non-hydrogen) atoms. The lowest BCUT2D eigenvalue weighted by Crippen LogP contribution is -2.60. The van der Waals surface area contributed by atoms with E-state index in [-0.39, 0.29) is 30.7 Å². The van der Waals surface area contributed by atoms with Gasteiger partial charge in [-0.1, -0.05) is 35.9 Å². The molecule has 0 bridgehead atoms. The van der Waals surface area contributed by atoms with E-state index in [9.17, 15) is 14.4 Å². The van der Waals surface area contributed by atoms with Gasteiger partial charge in [0.25, 0.3) is 0 Å². The van der Waals surface area contributed by atoms with E-state index in [4.69, 9.17) is 11.6 Å². The first kappa shape index (κ1) is 23.1. The fourth-order valence-electron chi connectivity index (χ4n) is 4.24. The molecule has 2 aromatic carbocycles. The molecule has 0 aromatic heterocycles. The number of piperazine rings is 2. The van der Waals surface area contributed by atoms with Gasteiger partial charge in [0, 0.05) is 55.7 Å². The second-order valence-corrected chi connectivity index (χ2v) is 8.69. The Morgan fingerprint density at radius 2 is 1.76 bits per heavy atom. The van der Waals surface area contributed by atoms with E-state index in [1.807, 2.05) is 42.5 Å². The fourth-order valence-corrected chi connectivity index (χ4v) is 4.43. The first-order valence-electron chi connectivity index (χ1n) is 11.1. The number of hydrogen-bond acceptors (Lipinski definition) is 5. The largest absolute Gasteiger partial charge is 0.369 e. The summed E-state index contributed by atoms with van der Waals surface area (Å²) < 4.78 is 0. The number of benzene rings is 2. The molecule has 0 spiro atoms. The highest BCUT2D eigenvalue weighted by Crippen LogP contribution is 2.21. The highest BCUT2D eigenvalue weighted by Gasteiger charge is 2.35. The van der Waals surface area contributed by atoms with Crippen molar-refractivity contribution in [2.24, 2.45) is 0 Å². The summed E-state index contributed by atoms with van der Waals surface area (Å²) in [5, 5.41) is 6.27. The zero-order valence-corrected chi connectivity index (χ0v) is 19.1. The van der Waals surface area contributed by atoms with Gasteiger partial charge in [0.1, 0.15) is 6.04 Å². The average molecular weight is 470 g/mol. The van der Waals surface area contributed by atoms with Crippen molar-refractivity contribution in [3.05, 3.63) is 59.6 Å². The van der Waals surface area contributed by atoms with E-state index in [0.29, 0.717) is 23.8 Å². The number of nitrogens with one attached hydrogen (secondary N) is 2. The molecule has 2 N–H and O–H groups in total. The third-order valence-corrected chi connectivity index (χ3v) is 6.23. The monoisotopic (exact) mass is 469 g/mol. The van der Waals surface area contributed by atoms with E-state index in [1.54, 1.807) is 17.0 Å². The van der Waals surface area contributed by atoms with Gasteiger partial charge >= 0.3 is 0 Å². The van der Waals surface area contributed by atoms with Gasteiger partial charge in [-0.3, -0.25) is 19.3 Å². The molecule has 1 atom stereocenters. The van der Waals surface area contributed by atoms with Crippen LogP contribution in [0.25, 0.3) is 0 Å². The molecule has 2 fully saturated rings. The van der Waals surface area contributed by atoms with Crippen LogP contribution >= 0.6 is 11.6 Å². The number of anilines is 2. The molecule has 8 nitrogen and oxygen atoms in total. The maximum Gasteiger partial charge on any atom is 0.243 e. The summed E-state index contributed by atoms with van der Waals surface area (Å²) in [6.07, 6.45) is -0.0744. The Labute approximate surface area is 198 Å². The minimum atomic E-state index is -0.803. The molecule has 0 saturated carbocycles. The van der Waals surface area contributed by atoms with Crippen LogP contribution in [0, 0.1) is 0 Å². The number of para-hydroxylation sites is 1. The van der Waals surface area contributed by atoms with Gasteiger partial charge in [-0.25, -0.2) is 0 Å². The molecule has 4 rings (SSSR count).